The van der Waals surface area contributed by atoms with Crippen molar-refractivity contribution in [2.45, 2.75) is 89.4 Å². The van der Waals surface area contributed by atoms with Crippen molar-refractivity contribution in [2.24, 2.45) is 0 Å². The number of thioether (sulfide) groups is 1. The van der Waals surface area contributed by atoms with Crippen LogP contribution in [0.2, 0.25) is 0 Å². The second-order valence-electron chi connectivity index (χ2n) is 10.2. The summed E-state index contributed by atoms with van der Waals surface area (Å²) in [6, 6.07) is 22.6. The summed E-state index contributed by atoms with van der Waals surface area (Å²) in [5.74, 6) is 0.762. The summed E-state index contributed by atoms with van der Waals surface area (Å²) in [6.07, 6.45) is 13.4. The maximum atomic E-state index is 12.7. The van der Waals surface area contributed by atoms with Crippen LogP contribution in [0.4, 0.5) is 0 Å². The molecule has 40 heavy (non-hydrogen) atoms. The first-order valence-electron chi connectivity index (χ1n) is 14.9. The van der Waals surface area contributed by atoms with E-state index in [1.807, 2.05) is 23.9 Å². The van der Waals surface area contributed by atoms with Crippen LogP contribution >= 0.6 is 11.8 Å². The molecule has 0 heterocycles. The third-order valence-electron chi connectivity index (χ3n) is 6.86. The van der Waals surface area contributed by atoms with Crippen molar-refractivity contribution in [3.63, 3.8) is 0 Å². The zero-order chi connectivity index (χ0) is 28.4. The van der Waals surface area contributed by atoms with Gasteiger partial charge in [0.25, 0.3) is 0 Å². The molecule has 0 saturated carbocycles. The molecule has 0 atom stereocenters. The van der Waals surface area contributed by atoms with Crippen molar-refractivity contribution < 1.29 is 19.1 Å². The molecule has 0 aromatic heterocycles. The predicted molar refractivity (Wildman–Crippen MR) is 166 cm³/mol. The third-order valence-corrected chi connectivity index (χ3v) is 7.95. The lowest BCUT2D eigenvalue weighted by atomic mass is 10.0. The smallest absolute Gasteiger partial charge is 0.343 e. The Morgan fingerprint density at radius 1 is 0.575 bits per heavy atom. The Hall–Kier alpha value is -3.05. The molecule has 4 nitrogen and oxygen atoms in total. The highest BCUT2D eigenvalue weighted by molar-refractivity contribution is 7.99. The summed E-state index contributed by atoms with van der Waals surface area (Å²) in [6.45, 7) is 4.87. The fourth-order valence-electron chi connectivity index (χ4n) is 4.39. The van der Waals surface area contributed by atoms with Crippen LogP contribution in [-0.4, -0.2) is 24.3 Å². The summed E-state index contributed by atoms with van der Waals surface area (Å²) in [7, 11) is 0. The minimum absolute atomic E-state index is 0.351. The van der Waals surface area contributed by atoms with Gasteiger partial charge in [-0.05, 0) is 78.3 Å². The van der Waals surface area contributed by atoms with Crippen molar-refractivity contribution in [3.05, 3.63) is 83.9 Å². The highest BCUT2D eigenvalue weighted by atomic mass is 32.2. The van der Waals surface area contributed by atoms with E-state index in [9.17, 15) is 9.59 Å². The third kappa shape index (κ3) is 11.2. The van der Waals surface area contributed by atoms with Crippen molar-refractivity contribution in [1.82, 2.24) is 0 Å². The molecule has 0 aliphatic heterocycles. The SMILES string of the molecule is CCCCCCCCOC(=O)c1ccc(OC(=O)c2ccc(-c3ccc(SCCCCCCC)cc3)cc2)cc1. The van der Waals surface area contributed by atoms with Crippen LogP contribution < -0.4 is 4.74 Å². The van der Waals surface area contributed by atoms with Crippen LogP contribution in [0.5, 0.6) is 5.75 Å². The van der Waals surface area contributed by atoms with E-state index in [0.29, 0.717) is 23.5 Å². The molecule has 0 spiro atoms. The molecule has 3 aromatic rings. The van der Waals surface area contributed by atoms with E-state index >= 15 is 0 Å². The maximum absolute atomic E-state index is 12.7. The average Bonchev–Trinajstić information content (AvgIpc) is 2.99. The predicted octanol–water partition coefficient (Wildman–Crippen LogP) is 10.2. The number of esters is 2. The fourth-order valence-corrected chi connectivity index (χ4v) is 5.31. The quantitative estimate of drug-likeness (QED) is 0.0670. The van der Waals surface area contributed by atoms with Gasteiger partial charge in [-0.15, -0.1) is 11.8 Å². The van der Waals surface area contributed by atoms with E-state index in [1.165, 1.54) is 62.7 Å². The molecule has 0 saturated heterocycles. The number of rotatable bonds is 18. The number of carbonyl (C=O) groups is 2. The molecule has 3 aromatic carbocycles. The number of hydrogen-bond acceptors (Lipinski definition) is 5. The molecular formula is C35H44O4S. The molecule has 0 N–H and O–H groups in total. The lowest BCUT2D eigenvalue weighted by Gasteiger charge is -2.08. The molecule has 0 amide bonds. The van der Waals surface area contributed by atoms with E-state index < -0.39 is 5.97 Å². The van der Waals surface area contributed by atoms with Crippen LogP contribution in [0.25, 0.3) is 11.1 Å². The standard InChI is InChI=1S/C35H44O4S/c1-3-5-7-9-10-12-26-38-34(36)30-18-22-32(23-19-30)39-35(37)31-16-14-28(15-17-31)29-20-24-33(25-21-29)40-27-13-11-8-6-4-2/h14-25H,3-13,26-27H2,1-2H3. The number of ether oxygens (including phenoxy) is 2. The molecule has 0 unspecified atom stereocenters. The van der Waals surface area contributed by atoms with E-state index in [-0.39, 0.29) is 5.97 Å². The molecule has 214 valence electrons. The fraction of sp³-hybridized carbons (Fsp3) is 0.429. The molecule has 0 aliphatic carbocycles. The monoisotopic (exact) mass is 560 g/mol. The molecular weight excluding hydrogens is 516 g/mol. The minimum Gasteiger partial charge on any atom is -0.462 e. The van der Waals surface area contributed by atoms with Gasteiger partial charge in [0.2, 0.25) is 0 Å². The first kappa shape index (κ1) is 31.5. The maximum Gasteiger partial charge on any atom is 0.343 e. The van der Waals surface area contributed by atoms with Crippen molar-refractivity contribution in [3.8, 4) is 16.9 Å². The normalized spacial score (nSPS) is 10.8. The van der Waals surface area contributed by atoms with Gasteiger partial charge in [0.15, 0.2) is 0 Å². The van der Waals surface area contributed by atoms with Crippen LogP contribution in [-0.2, 0) is 4.74 Å². The summed E-state index contributed by atoms with van der Waals surface area (Å²) >= 11 is 1.91. The van der Waals surface area contributed by atoms with Gasteiger partial charge >= 0.3 is 11.9 Å². The highest BCUT2D eigenvalue weighted by Crippen LogP contribution is 2.26. The molecule has 3 rings (SSSR count). The summed E-state index contributed by atoms with van der Waals surface area (Å²) in [5, 5.41) is 0. The largest absolute Gasteiger partial charge is 0.462 e. The number of carbonyl (C=O) groups excluding carboxylic acids is 2. The van der Waals surface area contributed by atoms with Gasteiger partial charge < -0.3 is 9.47 Å². The second-order valence-corrected chi connectivity index (χ2v) is 11.4. The van der Waals surface area contributed by atoms with Gasteiger partial charge in [-0.3, -0.25) is 0 Å². The van der Waals surface area contributed by atoms with E-state index in [4.69, 9.17) is 9.47 Å². The number of benzene rings is 3. The zero-order valence-electron chi connectivity index (χ0n) is 24.2. The van der Waals surface area contributed by atoms with E-state index in [2.05, 4.69) is 38.1 Å². The highest BCUT2D eigenvalue weighted by Gasteiger charge is 2.11. The van der Waals surface area contributed by atoms with Crippen LogP contribution in [0.1, 0.15) is 105 Å². The van der Waals surface area contributed by atoms with Gasteiger partial charge in [0.05, 0.1) is 17.7 Å². The van der Waals surface area contributed by atoms with Gasteiger partial charge in [0.1, 0.15) is 5.75 Å². The Kier molecular flexibility index (Phi) is 14.4. The lowest BCUT2D eigenvalue weighted by molar-refractivity contribution is 0.0497. The Morgan fingerprint density at radius 3 is 1.70 bits per heavy atom. The Morgan fingerprint density at radius 2 is 1.07 bits per heavy atom. The van der Waals surface area contributed by atoms with Crippen molar-refractivity contribution in [2.75, 3.05) is 12.4 Å². The molecule has 0 radical (unpaired) electrons. The van der Waals surface area contributed by atoms with Crippen molar-refractivity contribution >= 4 is 23.7 Å². The average molecular weight is 561 g/mol. The molecule has 5 heteroatoms. The Balaban J connectivity index is 1.42. The topological polar surface area (TPSA) is 52.6 Å². The summed E-state index contributed by atoms with van der Waals surface area (Å²) < 4.78 is 10.9. The van der Waals surface area contributed by atoms with Gasteiger partial charge in [-0.2, -0.15) is 0 Å². The van der Waals surface area contributed by atoms with Crippen molar-refractivity contribution in [1.29, 1.82) is 0 Å². The number of hydrogen-bond donors (Lipinski definition) is 0. The molecule has 0 fully saturated rings. The zero-order valence-corrected chi connectivity index (χ0v) is 25.0. The molecule has 0 bridgehead atoms. The Labute approximate surface area is 244 Å². The second kappa shape index (κ2) is 18.3. The van der Waals surface area contributed by atoms with E-state index in [0.717, 1.165) is 29.7 Å². The lowest BCUT2D eigenvalue weighted by Crippen LogP contribution is -2.09. The Bertz CT molecular complexity index is 1140. The van der Waals surface area contributed by atoms with Gasteiger partial charge in [-0.25, -0.2) is 9.59 Å². The van der Waals surface area contributed by atoms with E-state index in [1.54, 1.807) is 36.4 Å². The van der Waals surface area contributed by atoms with Crippen LogP contribution in [0.15, 0.2) is 77.7 Å². The van der Waals surface area contributed by atoms with Gasteiger partial charge in [-0.1, -0.05) is 95.9 Å². The molecule has 0 aliphatic rings. The first-order chi connectivity index (χ1) is 19.6. The minimum atomic E-state index is -0.435. The summed E-state index contributed by atoms with van der Waals surface area (Å²) in [5.41, 5.74) is 3.09. The van der Waals surface area contributed by atoms with Crippen LogP contribution in [0.3, 0.4) is 0 Å². The number of unbranched alkanes of at least 4 members (excludes halogenated alkanes) is 9. The van der Waals surface area contributed by atoms with Crippen LogP contribution in [0, 0.1) is 0 Å². The summed E-state index contributed by atoms with van der Waals surface area (Å²) in [4.78, 5) is 26.2. The first-order valence-corrected chi connectivity index (χ1v) is 15.9. The van der Waals surface area contributed by atoms with Gasteiger partial charge in [0, 0.05) is 4.90 Å².